The Bertz CT molecular complexity index is 3260. The lowest BCUT2D eigenvalue weighted by Gasteiger charge is -2.19. The second-order valence-electron chi connectivity index (χ2n) is 17.3. The van der Waals surface area contributed by atoms with Crippen molar-refractivity contribution in [1.29, 1.82) is 0 Å². The fourth-order valence-corrected chi connectivity index (χ4v) is 7.69. The zero-order valence-electron chi connectivity index (χ0n) is 41.2. The first kappa shape index (κ1) is 50.9. The Labute approximate surface area is 413 Å². The minimum atomic E-state index is -0.723. The van der Waals surface area contributed by atoms with Crippen molar-refractivity contribution in [3.63, 3.8) is 0 Å². The number of hydrogen-bond donors (Lipinski definition) is 5. The molecule has 0 aliphatic carbocycles. The SMILES string of the molecule is CCn1nc(C)cc1C(=O)Nc1nc2cc(C(N)=O)cc(OC)c2n1C/C=C/Cn1c(NC(=O)c2cc(C)nn2CC)nc2cc(C(N)=O)cc(OC/C=C/COc3cccc(NC(=O)OC(C)(C)C)c3)c21. The Kier molecular flexibility index (Phi) is 15.4. The van der Waals surface area contributed by atoms with Crippen LogP contribution in [-0.4, -0.2) is 94.3 Å². The van der Waals surface area contributed by atoms with E-state index in [1.165, 1.54) is 31.4 Å². The minimum absolute atomic E-state index is 0.0265. The molecule has 7 rings (SSSR count). The molecule has 0 spiro atoms. The molecule has 0 saturated heterocycles. The third-order valence-corrected chi connectivity index (χ3v) is 10.8. The van der Waals surface area contributed by atoms with E-state index in [0.29, 0.717) is 75.1 Å². The summed E-state index contributed by atoms with van der Waals surface area (Å²) >= 11 is 0. The number of primary amides is 2. The molecule has 376 valence electrons. The lowest BCUT2D eigenvalue weighted by molar-refractivity contribution is 0.0635. The molecule has 0 aliphatic heterocycles. The summed E-state index contributed by atoms with van der Waals surface area (Å²) in [5.41, 5.74) is 15.1. The molecule has 0 radical (unpaired) electrons. The fourth-order valence-electron chi connectivity index (χ4n) is 7.69. The van der Waals surface area contributed by atoms with Gasteiger partial charge >= 0.3 is 6.09 Å². The van der Waals surface area contributed by atoms with E-state index in [0.717, 1.165) is 0 Å². The number of carbonyl (C=O) groups excluding carboxylic acids is 5. The van der Waals surface area contributed by atoms with E-state index < -0.39 is 35.3 Å². The first-order valence-corrected chi connectivity index (χ1v) is 23.0. The third-order valence-electron chi connectivity index (χ3n) is 10.8. The number of benzene rings is 3. The van der Waals surface area contributed by atoms with Crippen LogP contribution in [0.5, 0.6) is 17.2 Å². The Morgan fingerprint density at radius 2 is 1.15 bits per heavy atom. The number of rotatable bonds is 20. The monoisotopic (exact) mass is 983 g/mol. The van der Waals surface area contributed by atoms with Crippen LogP contribution >= 0.6 is 0 Å². The fraction of sp³-hybridized carbons (Fsp3) is 0.300. The number of allylic oxidation sites excluding steroid dienone is 2. The number of imidazole rings is 2. The Hall–Kier alpha value is -8.95. The molecule has 22 nitrogen and oxygen atoms in total. The summed E-state index contributed by atoms with van der Waals surface area (Å²) in [5, 5.41) is 17.4. The zero-order valence-corrected chi connectivity index (χ0v) is 41.2. The van der Waals surface area contributed by atoms with E-state index in [2.05, 4.69) is 26.1 Å². The number of aromatic nitrogens is 8. The molecule has 5 amide bonds. The molecule has 3 aromatic carbocycles. The predicted octanol–water partition coefficient (Wildman–Crippen LogP) is 6.76. The molecule has 0 bridgehead atoms. The number of hydrogen-bond acceptors (Lipinski definition) is 13. The van der Waals surface area contributed by atoms with Gasteiger partial charge in [-0.2, -0.15) is 10.2 Å². The average molecular weight is 984 g/mol. The van der Waals surface area contributed by atoms with Gasteiger partial charge in [0.1, 0.15) is 58.5 Å². The molecule has 7 aromatic rings. The molecule has 4 heterocycles. The molecular formula is C50H57N13O9. The van der Waals surface area contributed by atoms with Gasteiger partial charge in [0.2, 0.25) is 23.7 Å². The molecule has 0 saturated carbocycles. The van der Waals surface area contributed by atoms with Gasteiger partial charge in [0.05, 0.1) is 29.5 Å². The number of nitrogens with one attached hydrogen (secondary N) is 3. The number of ether oxygens (including phenoxy) is 4. The summed E-state index contributed by atoms with van der Waals surface area (Å²) in [6.45, 7) is 14.0. The topological polar surface area (TPSA) is 282 Å². The number of anilines is 3. The van der Waals surface area contributed by atoms with Gasteiger partial charge in [-0.25, -0.2) is 14.8 Å². The van der Waals surface area contributed by atoms with Crippen molar-refractivity contribution in [3.8, 4) is 17.2 Å². The first-order chi connectivity index (χ1) is 34.4. The number of nitrogens with zero attached hydrogens (tertiary/aromatic N) is 8. The summed E-state index contributed by atoms with van der Waals surface area (Å²) in [4.78, 5) is 74.3. The Morgan fingerprint density at radius 3 is 1.64 bits per heavy atom. The lowest BCUT2D eigenvalue weighted by Crippen LogP contribution is -2.27. The summed E-state index contributed by atoms with van der Waals surface area (Å²) in [7, 11) is 1.45. The maximum atomic E-state index is 13.9. The molecular weight excluding hydrogens is 927 g/mol. The third kappa shape index (κ3) is 11.9. The Balaban J connectivity index is 1.19. The summed E-state index contributed by atoms with van der Waals surface area (Å²) in [6.07, 6.45) is 6.51. The first-order valence-electron chi connectivity index (χ1n) is 23.0. The highest BCUT2D eigenvalue weighted by atomic mass is 16.6. The molecule has 72 heavy (non-hydrogen) atoms. The molecule has 7 N–H and O–H groups in total. The van der Waals surface area contributed by atoms with E-state index in [4.69, 9.17) is 40.4 Å². The molecule has 0 atom stereocenters. The standard InChI is InChI=1S/C50H57N13O9/c1-9-62-37(22-29(3)58-62)45(66)56-47-54-35-24-31(43(51)64)26-39(69-8)41(35)60(47)18-11-12-19-61-42-36(55-48(61)57-46(67)38-23-30(4)59-63(38)10-2)25-32(44(52)65)27-40(42)71-21-14-13-20-70-34-17-15-16-33(28-34)53-49(68)72-50(5,6)7/h11-17,22-28H,9-10,18-21H2,1-8H3,(H2,51,64)(H2,52,65)(H,53,68)(H,54,56,66)(H,55,57,67)/b12-11+,14-13+. The van der Waals surface area contributed by atoms with Gasteiger partial charge in [-0.1, -0.05) is 18.2 Å². The summed E-state index contributed by atoms with van der Waals surface area (Å²) < 4.78 is 29.8. The van der Waals surface area contributed by atoms with E-state index in [1.54, 1.807) is 102 Å². The molecule has 0 aliphatic rings. The van der Waals surface area contributed by atoms with Crippen LogP contribution < -0.4 is 41.6 Å². The number of fused-ring (bicyclic) bond motifs is 2. The van der Waals surface area contributed by atoms with E-state index >= 15 is 0 Å². The predicted molar refractivity (Wildman–Crippen MR) is 270 cm³/mol. The molecule has 0 fully saturated rings. The van der Waals surface area contributed by atoms with Crippen molar-refractivity contribution < 1.29 is 42.9 Å². The van der Waals surface area contributed by atoms with Crippen LogP contribution in [0.3, 0.4) is 0 Å². The van der Waals surface area contributed by atoms with E-state index in [9.17, 15) is 24.0 Å². The van der Waals surface area contributed by atoms with Crippen LogP contribution in [0, 0.1) is 13.8 Å². The van der Waals surface area contributed by atoms with Gasteiger partial charge < -0.3 is 39.5 Å². The van der Waals surface area contributed by atoms with Crippen LogP contribution in [0.15, 0.2) is 85.0 Å². The van der Waals surface area contributed by atoms with Gasteiger partial charge in [0.15, 0.2) is 0 Å². The van der Waals surface area contributed by atoms with Gasteiger partial charge in [-0.05, 0) is 109 Å². The van der Waals surface area contributed by atoms with Gasteiger partial charge in [-0.15, -0.1) is 0 Å². The van der Waals surface area contributed by atoms with Gasteiger partial charge in [-0.3, -0.25) is 44.5 Å². The van der Waals surface area contributed by atoms with Crippen LogP contribution in [0.4, 0.5) is 22.4 Å². The van der Waals surface area contributed by atoms with Crippen molar-refractivity contribution >= 4 is 69.4 Å². The van der Waals surface area contributed by atoms with E-state index in [1.807, 2.05) is 26.0 Å². The van der Waals surface area contributed by atoms with Crippen LogP contribution in [0.2, 0.25) is 0 Å². The quantitative estimate of drug-likeness (QED) is 0.0494. The highest BCUT2D eigenvalue weighted by Crippen LogP contribution is 2.33. The van der Waals surface area contributed by atoms with Crippen LogP contribution in [-0.2, 0) is 30.9 Å². The summed E-state index contributed by atoms with van der Waals surface area (Å²) in [6, 6.07) is 16.3. The number of amides is 5. The van der Waals surface area contributed by atoms with Crippen molar-refractivity contribution in [1.82, 2.24) is 38.7 Å². The normalized spacial score (nSPS) is 11.7. The molecule has 4 aromatic heterocycles. The van der Waals surface area contributed by atoms with E-state index in [-0.39, 0.29) is 55.1 Å². The summed E-state index contributed by atoms with van der Waals surface area (Å²) in [5.74, 6) is -1.02. The van der Waals surface area contributed by atoms with Crippen molar-refractivity contribution in [2.45, 2.75) is 80.2 Å². The van der Waals surface area contributed by atoms with Gasteiger partial charge in [0.25, 0.3) is 11.8 Å². The number of aryl methyl sites for hydroxylation is 4. The molecule has 22 heteroatoms. The highest BCUT2D eigenvalue weighted by molar-refractivity contribution is 6.05. The second-order valence-corrected chi connectivity index (χ2v) is 17.3. The average Bonchev–Trinajstić information content (AvgIpc) is 4.09. The second kappa shape index (κ2) is 21.8. The minimum Gasteiger partial charge on any atom is -0.494 e. The van der Waals surface area contributed by atoms with Crippen molar-refractivity contribution in [2.75, 3.05) is 36.3 Å². The van der Waals surface area contributed by atoms with Crippen molar-refractivity contribution in [3.05, 3.63) is 119 Å². The lowest BCUT2D eigenvalue weighted by atomic mass is 10.1. The largest absolute Gasteiger partial charge is 0.494 e. The van der Waals surface area contributed by atoms with Gasteiger partial charge in [0, 0.05) is 49.1 Å². The highest BCUT2D eigenvalue weighted by Gasteiger charge is 2.24. The van der Waals surface area contributed by atoms with Crippen LogP contribution in [0.25, 0.3) is 22.1 Å². The maximum Gasteiger partial charge on any atom is 0.412 e. The Morgan fingerprint density at radius 1 is 0.653 bits per heavy atom. The number of methoxy groups -OCH3 is 1. The molecule has 0 unspecified atom stereocenters. The maximum absolute atomic E-state index is 13.9. The number of carbonyl (C=O) groups is 5. The van der Waals surface area contributed by atoms with Crippen LogP contribution in [0.1, 0.15) is 87.7 Å². The van der Waals surface area contributed by atoms with Crippen molar-refractivity contribution in [2.24, 2.45) is 11.5 Å². The zero-order chi connectivity index (χ0) is 51.9. The number of nitrogens with two attached hydrogens (primary N) is 2. The smallest absolute Gasteiger partial charge is 0.412 e.